The molecular formula is C17H22N2O5S. The Hall–Kier alpha value is -1.80. The van der Waals surface area contributed by atoms with Gasteiger partial charge < -0.3 is 14.4 Å². The van der Waals surface area contributed by atoms with Gasteiger partial charge in [-0.15, -0.1) is 0 Å². The fourth-order valence-electron chi connectivity index (χ4n) is 3.73. The van der Waals surface area contributed by atoms with Crippen LogP contribution in [-0.2, 0) is 14.8 Å². The van der Waals surface area contributed by atoms with Crippen molar-refractivity contribution in [2.75, 3.05) is 33.0 Å². The van der Waals surface area contributed by atoms with E-state index in [0.29, 0.717) is 37.4 Å². The molecule has 0 saturated carbocycles. The van der Waals surface area contributed by atoms with E-state index in [0.717, 1.165) is 25.9 Å². The van der Waals surface area contributed by atoms with Crippen molar-refractivity contribution < 1.29 is 22.7 Å². The third-order valence-electron chi connectivity index (χ3n) is 5.20. The lowest BCUT2D eigenvalue weighted by molar-refractivity contribution is -0.135. The molecule has 2 fully saturated rings. The zero-order chi connectivity index (χ0) is 17.4. The molecule has 2 saturated heterocycles. The number of likely N-dealkylation sites (tertiary alicyclic amines) is 1. The van der Waals surface area contributed by atoms with Crippen molar-refractivity contribution in [2.24, 2.45) is 5.92 Å². The van der Waals surface area contributed by atoms with E-state index < -0.39 is 10.0 Å². The molecule has 0 radical (unpaired) electrons. The first-order valence-corrected chi connectivity index (χ1v) is 10.2. The fraction of sp³-hybridized carbons (Fsp3) is 0.588. The second-order valence-corrected chi connectivity index (χ2v) is 8.66. The van der Waals surface area contributed by atoms with E-state index in [-0.39, 0.29) is 23.5 Å². The van der Waals surface area contributed by atoms with Gasteiger partial charge in [0, 0.05) is 38.2 Å². The van der Waals surface area contributed by atoms with Crippen molar-refractivity contribution in [1.82, 2.24) is 9.21 Å². The number of carbonyl (C=O) groups excluding carboxylic acids is 1. The predicted molar refractivity (Wildman–Crippen MR) is 89.9 cm³/mol. The van der Waals surface area contributed by atoms with Crippen LogP contribution in [0.1, 0.15) is 25.7 Å². The predicted octanol–water partition coefficient (Wildman–Crippen LogP) is 1.44. The van der Waals surface area contributed by atoms with Crippen LogP contribution in [0.5, 0.6) is 11.5 Å². The van der Waals surface area contributed by atoms with Gasteiger partial charge in [-0.25, -0.2) is 8.42 Å². The molecule has 8 heteroatoms. The van der Waals surface area contributed by atoms with Crippen LogP contribution in [0.4, 0.5) is 0 Å². The largest absolute Gasteiger partial charge is 0.454 e. The smallest absolute Gasteiger partial charge is 0.243 e. The van der Waals surface area contributed by atoms with Crippen LogP contribution in [0.3, 0.4) is 0 Å². The van der Waals surface area contributed by atoms with Crippen LogP contribution in [-0.4, -0.2) is 56.5 Å². The van der Waals surface area contributed by atoms with E-state index in [1.54, 1.807) is 12.1 Å². The van der Waals surface area contributed by atoms with Gasteiger partial charge in [0.2, 0.25) is 22.7 Å². The molecule has 0 unspecified atom stereocenters. The molecule has 0 bridgehead atoms. The van der Waals surface area contributed by atoms with Crippen molar-refractivity contribution in [2.45, 2.75) is 30.6 Å². The lowest BCUT2D eigenvalue weighted by atomic mass is 9.97. The van der Waals surface area contributed by atoms with Gasteiger partial charge in [-0.3, -0.25) is 4.79 Å². The first-order chi connectivity index (χ1) is 12.1. The maximum atomic E-state index is 12.9. The molecule has 0 N–H and O–H groups in total. The number of rotatable bonds is 3. The summed E-state index contributed by atoms with van der Waals surface area (Å²) >= 11 is 0. The standard InChI is InChI=1S/C17H22N2O5S/c20-17(18-7-1-2-8-18)13-5-9-19(10-6-13)25(21,22)14-3-4-15-16(11-14)24-12-23-15/h3-4,11,13H,1-2,5-10,12H2. The zero-order valence-corrected chi connectivity index (χ0v) is 14.8. The van der Waals surface area contributed by atoms with Gasteiger partial charge in [0.25, 0.3) is 0 Å². The molecule has 0 aromatic heterocycles. The fourth-order valence-corrected chi connectivity index (χ4v) is 5.21. The highest BCUT2D eigenvalue weighted by Gasteiger charge is 2.34. The Kier molecular flexibility index (Phi) is 4.33. The van der Waals surface area contributed by atoms with Gasteiger partial charge in [0.05, 0.1) is 4.90 Å². The maximum Gasteiger partial charge on any atom is 0.243 e. The van der Waals surface area contributed by atoms with Gasteiger partial charge >= 0.3 is 0 Å². The van der Waals surface area contributed by atoms with E-state index in [1.165, 1.54) is 10.4 Å². The SMILES string of the molecule is O=C(C1CCN(S(=O)(=O)c2ccc3c(c2)OCO3)CC1)N1CCCC1. The topological polar surface area (TPSA) is 76.2 Å². The van der Waals surface area contributed by atoms with E-state index in [2.05, 4.69) is 0 Å². The molecule has 7 nitrogen and oxygen atoms in total. The van der Waals surface area contributed by atoms with Gasteiger partial charge in [-0.1, -0.05) is 0 Å². The minimum Gasteiger partial charge on any atom is -0.454 e. The Balaban J connectivity index is 1.43. The average molecular weight is 366 g/mol. The van der Waals surface area contributed by atoms with Crippen LogP contribution < -0.4 is 9.47 Å². The monoisotopic (exact) mass is 366 g/mol. The molecule has 1 aromatic carbocycles. The molecule has 3 heterocycles. The Morgan fingerprint density at radius 3 is 2.40 bits per heavy atom. The Labute approximate surface area is 147 Å². The summed E-state index contributed by atoms with van der Waals surface area (Å²) in [4.78, 5) is 14.6. The first kappa shape index (κ1) is 16.7. The van der Waals surface area contributed by atoms with Crippen LogP contribution in [0.15, 0.2) is 23.1 Å². The molecular weight excluding hydrogens is 344 g/mol. The van der Waals surface area contributed by atoms with E-state index >= 15 is 0 Å². The van der Waals surface area contributed by atoms with Crippen molar-refractivity contribution in [3.63, 3.8) is 0 Å². The van der Waals surface area contributed by atoms with Crippen LogP contribution in [0.2, 0.25) is 0 Å². The Morgan fingerprint density at radius 1 is 1.00 bits per heavy atom. The molecule has 136 valence electrons. The third-order valence-corrected chi connectivity index (χ3v) is 7.10. The van der Waals surface area contributed by atoms with Gasteiger partial charge in [-0.2, -0.15) is 4.31 Å². The number of ether oxygens (including phenoxy) is 2. The minimum atomic E-state index is -3.58. The van der Waals surface area contributed by atoms with E-state index in [9.17, 15) is 13.2 Å². The summed E-state index contributed by atoms with van der Waals surface area (Å²) < 4.78 is 37.7. The van der Waals surface area contributed by atoms with E-state index in [4.69, 9.17) is 9.47 Å². The lowest BCUT2D eigenvalue weighted by Crippen LogP contribution is -2.43. The summed E-state index contributed by atoms with van der Waals surface area (Å²) in [7, 11) is -3.58. The Bertz CT molecular complexity index is 765. The molecule has 3 aliphatic heterocycles. The van der Waals surface area contributed by atoms with Crippen molar-refractivity contribution in [1.29, 1.82) is 0 Å². The number of benzene rings is 1. The molecule has 4 rings (SSSR count). The number of hydrogen-bond donors (Lipinski definition) is 0. The van der Waals surface area contributed by atoms with Gasteiger partial charge in [0.15, 0.2) is 11.5 Å². The quantitative estimate of drug-likeness (QED) is 0.809. The number of piperidine rings is 1. The molecule has 25 heavy (non-hydrogen) atoms. The summed E-state index contributed by atoms with van der Waals surface area (Å²) in [6.07, 6.45) is 3.31. The highest BCUT2D eigenvalue weighted by molar-refractivity contribution is 7.89. The Morgan fingerprint density at radius 2 is 1.68 bits per heavy atom. The number of sulfonamides is 1. The molecule has 0 spiro atoms. The van der Waals surface area contributed by atoms with Crippen LogP contribution in [0, 0.1) is 5.92 Å². The third kappa shape index (κ3) is 3.08. The summed E-state index contributed by atoms with van der Waals surface area (Å²) in [6, 6.07) is 4.68. The van der Waals surface area contributed by atoms with Gasteiger partial charge in [-0.05, 0) is 37.8 Å². The first-order valence-electron chi connectivity index (χ1n) is 8.74. The summed E-state index contributed by atoms with van der Waals surface area (Å²) in [5.41, 5.74) is 0. The second kappa shape index (κ2) is 6.49. The van der Waals surface area contributed by atoms with Crippen LogP contribution >= 0.6 is 0 Å². The number of hydrogen-bond acceptors (Lipinski definition) is 5. The van der Waals surface area contributed by atoms with Crippen molar-refractivity contribution in [3.8, 4) is 11.5 Å². The minimum absolute atomic E-state index is 0.0543. The zero-order valence-electron chi connectivity index (χ0n) is 14.0. The maximum absolute atomic E-state index is 12.9. The number of carbonyl (C=O) groups is 1. The van der Waals surface area contributed by atoms with Crippen LogP contribution in [0.25, 0.3) is 0 Å². The summed E-state index contributed by atoms with van der Waals surface area (Å²) in [5, 5.41) is 0. The highest BCUT2D eigenvalue weighted by atomic mass is 32.2. The molecule has 1 amide bonds. The molecule has 0 aliphatic carbocycles. The molecule has 0 atom stereocenters. The average Bonchev–Trinajstić information content (AvgIpc) is 3.32. The lowest BCUT2D eigenvalue weighted by Gasteiger charge is -2.32. The summed E-state index contributed by atoms with van der Waals surface area (Å²) in [5.74, 6) is 1.16. The molecule has 3 aliphatic rings. The van der Waals surface area contributed by atoms with E-state index in [1.807, 2.05) is 4.90 Å². The number of nitrogens with zero attached hydrogens (tertiary/aromatic N) is 2. The number of amides is 1. The summed E-state index contributed by atoms with van der Waals surface area (Å²) in [6.45, 7) is 2.55. The highest BCUT2D eigenvalue weighted by Crippen LogP contribution is 2.35. The normalized spacial score (nSPS) is 21.7. The van der Waals surface area contributed by atoms with Crippen molar-refractivity contribution in [3.05, 3.63) is 18.2 Å². The van der Waals surface area contributed by atoms with Crippen molar-refractivity contribution >= 4 is 15.9 Å². The molecule has 1 aromatic rings. The van der Waals surface area contributed by atoms with Gasteiger partial charge in [0.1, 0.15) is 0 Å². The second-order valence-electron chi connectivity index (χ2n) is 6.73. The number of fused-ring (bicyclic) bond motifs is 1.